The van der Waals surface area contributed by atoms with Gasteiger partial charge in [0, 0.05) is 32.7 Å². The first-order valence-corrected chi connectivity index (χ1v) is 8.89. The molecule has 2 atom stereocenters. The second kappa shape index (κ2) is 10.4. The molecule has 0 bridgehead atoms. The van der Waals surface area contributed by atoms with Gasteiger partial charge in [-0.05, 0) is 24.8 Å². The number of rotatable bonds is 10. The summed E-state index contributed by atoms with van der Waals surface area (Å²) in [5.41, 5.74) is 1.20. The number of aliphatic hydroxyl groups is 1. The van der Waals surface area contributed by atoms with Crippen LogP contribution in [0.3, 0.4) is 0 Å². The van der Waals surface area contributed by atoms with Gasteiger partial charge in [-0.15, -0.1) is 0 Å². The molecule has 1 aromatic rings. The molecule has 0 aliphatic carbocycles. The summed E-state index contributed by atoms with van der Waals surface area (Å²) in [6, 6.07) is 10.2. The SMILES string of the molecule is CCCC(=O)OC[C@@H](O)CN(Cc1ccccc1)C[C@@H]1CCCO1. The number of esters is 1. The maximum absolute atomic E-state index is 11.4. The van der Waals surface area contributed by atoms with Crippen molar-refractivity contribution in [2.45, 2.75) is 51.4 Å². The van der Waals surface area contributed by atoms with Crippen LogP contribution in [0.25, 0.3) is 0 Å². The standard InChI is InChI=1S/C19H29NO4/c1-2-7-19(22)24-15-17(21)13-20(14-18-10-6-11-23-18)12-16-8-4-3-5-9-16/h3-5,8-9,17-18,21H,2,6-7,10-15H2,1H3/t17-,18-/m0/s1. The third-order valence-corrected chi connectivity index (χ3v) is 4.09. The summed E-state index contributed by atoms with van der Waals surface area (Å²) in [6.07, 6.45) is 2.86. The minimum Gasteiger partial charge on any atom is -0.463 e. The molecule has 1 heterocycles. The average Bonchev–Trinajstić information content (AvgIpc) is 3.07. The second-order valence-electron chi connectivity index (χ2n) is 6.40. The quantitative estimate of drug-likeness (QED) is 0.665. The second-order valence-corrected chi connectivity index (χ2v) is 6.40. The Hall–Kier alpha value is -1.43. The highest BCUT2D eigenvalue weighted by Crippen LogP contribution is 2.15. The van der Waals surface area contributed by atoms with E-state index in [-0.39, 0.29) is 18.7 Å². The van der Waals surface area contributed by atoms with Gasteiger partial charge in [0.2, 0.25) is 0 Å². The first kappa shape index (κ1) is 18.9. The van der Waals surface area contributed by atoms with Gasteiger partial charge in [0.25, 0.3) is 0 Å². The topological polar surface area (TPSA) is 59.0 Å². The van der Waals surface area contributed by atoms with Gasteiger partial charge in [-0.1, -0.05) is 37.3 Å². The Bertz CT molecular complexity index is 474. The predicted molar refractivity (Wildman–Crippen MR) is 92.6 cm³/mol. The number of benzene rings is 1. The van der Waals surface area contributed by atoms with Gasteiger partial charge in [0.1, 0.15) is 12.7 Å². The van der Waals surface area contributed by atoms with Crippen molar-refractivity contribution in [3.05, 3.63) is 35.9 Å². The van der Waals surface area contributed by atoms with Crippen molar-refractivity contribution in [3.63, 3.8) is 0 Å². The molecular formula is C19H29NO4. The molecule has 1 N–H and O–H groups in total. The number of ether oxygens (including phenoxy) is 2. The normalized spacial score (nSPS) is 18.7. The van der Waals surface area contributed by atoms with E-state index >= 15 is 0 Å². The molecule has 0 spiro atoms. The van der Waals surface area contributed by atoms with Crippen molar-refractivity contribution >= 4 is 5.97 Å². The smallest absolute Gasteiger partial charge is 0.305 e. The molecule has 1 aromatic carbocycles. The van der Waals surface area contributed by atoms with Crippen molar-refractivity contribution in [2.75, 3.05) is 26.3 Å². The zero-order valence-electron chi connectivity index (χ0n) is 14.5. The highest BCUT2D eigenvalue weighted by atomic mass is 16.5. The van der Waals surface area contributed by atoms with Gasteiger partial charge in [-0.3, -0.25) is 9.69 Å². The number of hydrogen-bond donors (Lipinski definition) is 1. The molecule has 0 amide bonds. The largest absolute Gasteiger partial charge is 0.463 e. The van der Waals surface area contributed by atoms with Crippen LogP contribution in [0.2, 0.25) is 0 Å². The lowest BCUT2D eigenvalue weighted by molar-refractivity contribution is -0.147. The molecule has 1 saturated heterocycles. The van der Waals surface area contributed by atoms with Gasteiger partial charge in [0.15, 0.2) is 0 Å². The lowest BCUT2D eigenvalue weighted by Crippen LogP contribution is -2.39. The van der Waals surface area contributed by atoms with Crippen LogP contribution in [-0.2, 0) is 20.8 Å². The molecule has 1 aliphatic heterocycles. The Labute approximate surface area is 144 Å². The molecule has 0 aromatic heterocycles. The molecule has 134 valence electrons. The third-order valence-electron chi connectivity index (χ3n) is 4.09. The van der Waals surface area contributed by atoms with Crippen LogP contribution < -0.4 is 0 Å². The van der Waals surface area contributed by atoms with Crippen LogP contribution in [0, 0.1) is 0 Å². The van der Waals surface area contributed by atoms with E-state index in [2.05, 4.69) is 17.0 Å². The Morgan fingerprint density at radius 3 is 2.88 bits per heavy atom. The van der Waals surface area contributed by atoms with E-state index in [1.807, 2.05) is 25.1 Å². The molecule has 5 heteroatoms. The summed E-state index contributed by atoms with van der Waals surface area (Å²) in [7, 11) is 0. The molecular weight excluding hydrogens is 306 g/mol. The summed E-state index contributed by atoms with van der Waals surface area (Å²) in [6.45, 7) is 4.81. The van der Waals surface area contributed by atoms with Crippen molar-refractivity contribution in [1.82, 2.24) is 4.90 Å². The van der Waals surface area contributed by atoms with E-state index in [0.29, 0.717) is 13.0 Å². The first-order chi connectivity index (χ1) is 11.7. The Kier molecular flexibility index (Phi) is 8.22. The fourth-order valence-electron chi connectivity index (χ4n) is 2.94. The van der Waals surface area contributed by atoms with Crippen LogP contribution in [0.4, 0.5) is 0 Å². The minimum absolute atomic E-state index is 0.0512. The summed E-state index contributed by atoms with van der Waals surface area (Å²) >= 11 is 0. The molecule has 0 unspecified atom stereocenters. The fraction of sp³-hybridized carbons (Fsp3) is 0.632. The highest BCUT2D eigenvalue weighted by Gasteiger charge is 2.21. The highest BCUT2D eigenvalue weighted by molar-refractivity contribution is 5.69. The van der Waals surface area contributed by atoms with E-state index in [4.69, 9.17) is 9.47 Å². The summed E-state index contributed by atoms with van der Waals surface area (Å²) in [5.74, 6) is -0.245. The average molecular weight is 335 g/mol. The Morgan fingerprint density at radius 2 is 2.21 bits per heavy atom. The van der Waals surface area contributed by atoms with Crippen LogP contribution in [0.1, 0.15) is 38.2 Å². The number of nitrogens with zero attached hydrogens (tertiary/aromatic N) is 1. The van der Waals surface area contributed by atoms with Gasteiger partial charge in [-0.25, -0.2) is 0 Å². The maximum Gasteiger partial charge on any atom is 0.305 e. The van der Waals surface area contributed by atoms with Crippen molar-refractivity contribution in [2.24, 2.45) is 0 Å². The van der Waals surface area contributed by atoms with Crippen molar-refractivity contribution in [3.8, 4) is 0 Å². The number of hydrogen-bond acceptors (Lipinski definition) is 5. The van der Waals surface area contributed by atoms with Gasteiger partial charge >= 0.3 is 5.97 Å². The number of carbonyl (C=O) groups excluding carboxylic acids is 1. The Balaban J connectivity index is 1.85. The van der Waals surface area contributed by atoms with Crippen LogP contribution in [0.15, 0.2) is 30.3 Å². The van der Waals surface area contributed by atoms with Crippen LogP contribution >= 0.6 is 0 Å². The monoisotopic (exact) mass is 335 g/mol. The fourth-order valence-corrected chi connectivity index (χ4v) is 2.94. The Morgan fingerprint density at radius 1 is 1.42 bits per heavy atom. The summed E-state index contributed by atoms with van der Waals surface area (Å²) in [4.78, 5) is 13.6. The maximum atomic E-state index is 11.4. The predicted octanol–water partition coefficient (Wildman–Crippen LogP) is 2.37. The molecule has 0 saturated carbocycles. The zero-order valence-corrected chi connectivity index (χ0v) is 14.5. The molecule has 5 nitrogen and oxygen atoms in total. The minimum atomic E-state index is -0.684. The van der Waals surface area contributed by atoms with Gasteiger partial charge in [0.05, 0.1) is 6.10 Å². The molecule has 24 heavy (non-hydrogen) atoms. The van der Waals surface area contributed by atoms with E-state index < -0.39 is 6.10 Å². The summed E-state index contributed by atoms with van der Waals surface area (Å²) in [5, 5.41) is 10.2. The van der Waals surface area contributed by atoms with Gasteiger partial charge < -0.3 is 14.6 Å². The van der Waals surface area contributed by atoms with Crippen LogP contribution in [-0.4, -0.2) is 54.5 Å². The molecule has 2 rings (SSSR count). The van der Waals surface area contributed by atoms with Gasteiger partial charge in [-0.2, -0.15) is 0 Å². The molecule has 0 radical (unpaired) electrons. The number of aliphatic hydroxyl groups excluding tert-OH is 1. The van der Waals surface area contributed by atoms with Crippen molar-refractivity contribution < 1.29 is 19.4 Å². The van der Waals surface area contributed by atoms with Crippen LogP contribution in [0.5, 0.6) is 0 Å². The number of carbonyl (C=O) groups is 1. The van der Waals surface area contributed by atoms with E-state index in [0.717, 1.165) is 39.0 Å². The van der Waals surface area contributed by atoms with E-state index in [1.54, 1.807) is 0 Å². The molecule has 1 fully saturated rings. The zero-order chi connectivity index (χ0) is 17.2. The van der Waals surface area contributed by atoms with Crippen molar-refractivity contribution in [1.29, 1.82) is 0 Å². The lowest BCUT2D eigenvalue weighted by atomic mass is 10.1. The van der Waals surface area contributed by atoms with E-state index in [1.165, 1.54) is 5.56 Å². The summed E-state index contributed by atoms with van der Waals surface area (Å²) < 4.78 is 10.8. The van der Waals surface area contributed by atoms with E-state index in [9.17, 15) is 9.90 Å². The third kappa shape index (κ3) is 6.99. The molecule has 1 aliphatic rings. The lowest BCUT2D eigenvalue weighted by Gasteiger charge is -2.27. The first-order valence-electron chi connectivity index (χ1n) is 8.89.